The van der Waals surface area contributed by atoms with E-state index in [0.717, 1.165) is 11.4 Å². The molecular weight excluding hydrogens is 280 g/mol. The highest BCUT2D eigenvalue weighted by molar-refractivity contribution is 8.00. The number of hydrogen-bond acceptors (Lipinski definition) is 3. The van der Waals surface area contributed by atoms with Crippen LogP contribution in [0, 0.1) is 5.92 Å². The van der Waals surface area contributed by atoms with E-state index < -0.39 is 0 Å². The second-order valence-corrected chi connectivity index (χ2v) is 6.39. The van der Waals surface area contributed by atoms with Crippen LogP contribution in [0.1, 0.15) is 32.6 Å². The fourth-order valence-electron chi connectivity index (χ4n) is 2.39. The van der Waals surface area contributed by atoms with Gasteiger partial charge in [0.25, 0.3) is 0 Å². The van der Waals surface area contributed by atoms with Crippen LogP contribution in [0.4, 0.5) is 0 Å². The maximum Gasteiger partial charge on any atom is 0.230 e. The molecule has 19 heavy (non-hydrogen) atoms. The third-order valence-electron chi connectivity index (χ3n) is 3.52. The van der Waals surface area contributed by atoms with Gasteiger partial charge in [0.05, 0.1) is 10.8 Å². The number of carbonyl (C=O) groups excluding carboxylic acids is 1. The Morgan fingerprint density at radius 2 is 2.32 bits per heavy atom. The summed E-state index contributed by atoms with van der Waals surface area (Å²) in [4.78, 5) is 16.1. The van der Waals surface area contributed by atoms with Crippen molar-refractivity contribution < 1.29 is 4.79 Å². The summed E-state index contributed by atoms with van der Waals surface area (Å²) in [5.74, 6) is 1.03. The molecule has 1 heterocycles. The van der Waals surface area contributed by atoms with E-state index in [1.807, 2.05) is 0 Å². The van der Waals surface area contributed by atoms with Gasteiger partial charge in [-0.05, 0) is 30.9 Å². The highest BCUT2D eigenvalue weighted by Gasteiger charge is 2.22. The van der Waals surface area contributed by atoms with Gasteiger partial charge in [-0.15, -0.1) is 0 Å². The number of thioether (sulfide) groups is 1. The van der Waals surface area contributed by atoms with Gasteiger partial charge in [0.15, 0.2) is 0 Å². The molecule has 1 fully saturated rings. The molecule has 0 saturated heterocycles. The average Bonchev–Trinajstić information content (AvgIpc) is 2.40. The molecule has 0 aliphatic heterocycles. The zero-order valence-electron chi connectivity index (χ0n) is 11.1. The molecule has 1 amide bonds. The van der Waals surface area contributed by atoms with E-state index in [0.29, 0.717) is 22.7 Å². The maximum absolute atomic E-state index is 11.9. The molecule has 1 aliphatic rings. The van der Waals surface area contributed by atoms with Crippen molar-refractivity contribution in [3.05, 3.63) is 23.4 Å². The molecule has 1 N–H and O–H groups in total. The lowest BCUT2D eigenvalue weighted by Gasteiger charge is -2.29. The third-order valence-corrected chi connectivity index (χ3v) is 4.94. The smallest absolute Gasteiger partial charge is 0.230 e. The Morgan fingerprint density at radius 1 is 1.53 bits per heavy atom. The van der Waals surface area contributed by atoms with Gasteiger partial charge in [-0.1, -0.05) is 43.1 Å². The second kappa shape index (κ2) is 7.15. The lowest BCUT2D eigenvalue weighted by Crippen LogP contribution is -2.41. The quantitative estimate of drug-likeness (QED) is 0.865. The van der Waals surface area contributed by atoms with Crippen molar-refractivity contribution in [2.24, 2.45) is 5.92 Å². The Kier molecular flexibility index (Phi) is 5.52. The predicted molar refractivity (Wildman–Crippen MR) is 79.5 cm³/mol. The fraction of sp³-hybridized carbons (Fsp3) is 0.571. The van der Waals surface area contributed by atoms with Crippen LogP contribution in [0.5, 0.6) is 0 Å². The van der Waals surface area contributed by atoms with Crippen LogP contribution >= 0.6 is 23.4 Å². The first-order valence-electron chi connectivity index (χ1n) is 6.69. The topological polar surface area (TPSA) is 42.0 Å². The van der Waals surface area contributed by atoms with E-state index in [2.05, 4.69) is 17.2 Å². The highest BCUT2D eigenvalue weighted by Crippen LogP contribution is 2.25. The van der Waals surface area contributed by atoms with Crippen molar-refractivity contribution >= 4 is 29.3 Å². The van der Waals surface area contributed by atoms with Crippen LogP contribution in [0.25, 0.3) is 0 Å². The summed E-state index contributed by atoms with van der Waals surface area (Å²) in [5, 5.41) is 4.45. The largest absolute Gasteiger partial charge is 0.352 e. The van der Waals surface area contributed by atoms with Crippen LogP contribution in [-0.4, -0.2) is 22.7 Å². The highest BCUT2D eigenvalue weighted by atomic mass is 35.5. The first kappa shape index (κ1) is 14.7. The Balaban J connectivity index is 1.80. The van der Waals surface area contributed by atoms with Crippen molar-refractivity contribution in [3.63, 3.8) is 0 Å². The Labute approximate surface area is 123 Å². The summed E-state index contributed by atoms with van der Waals surface area (Å²) in [6, 6.07) is 3.91. The van der Waals surface area contributed by atoms with E-state index >= 15 is 0 Å². The summed E-state index contributed by atoms with van der Waals surface area (Å²) in [7, 11) is 0. The van der Waals surface area contributed by atoms with Gasteiger partial charge in [0, 0.05) is 12.2 Å². The van der Waals surface area contributed by atoms with E-state index in [-0.39, 0.29) is 5.91 Å². The Morgan fingerprint density at radius 3 is 3.05 bits per heavy atom. The first-order chi connectivity index (χ1) is 9.16. The van der Waals surface area contributed by atoms with Crippen molar-refractivity contribution in [1.29, 1.82) is 0 Å². The monoisotopic (exact) mass is 298 g/mol. The van der Waals surface area contributed by atoms with E-state index in [9.17, 15) is 4.79 Å². The van der Waals surface area contributed by atoms with Gasteiger partial charge >= 0.3 is 0 Å². The zero-order chi connectivity index (χ0) is 13.7. The molecule has 1 aromatic rings. The molecule has 3 nitrogen and oxygen atoms in total. The molecular formula is C14H19ClN2OS. The fourth-order valence-corrected chi connectivity index (χ4v) is 3.37. The lowest BCUT2D eigenvalue weighted by atomic mass is 9.86. The van der Waals surface area contributed by atoms with Gasteiger partial charge < -0.3 is 5.32 Å². The standard InChI is InChI=1S/C14H19ClN2OS/c1-10-5-2-3-7-12(10)17-13(18)9-19-14-11(15)6-4-8-16-14/h4,6,8,10,12H,2-3,5,7,9H2,1H3,(H,17,18). The number of hydrogen-bond donors (Lipinski definition) is 1. The maximum atomic E-state index is 11.9. The number of nitrogens with one attached hydrogen (secondary N) is 1. The van der Waals surface area contributed by atoms with E-state index in [1.54, 1.807) is 18.3 Å². The number of amides is 1. The lowest BCUT2D eigenvalue weighted by molar-refractivity contribution is -0.119. The van der Waals surface area contributed by atoms with Crippen LogP contribution in [0.15, 0.2) is 23.4 Å². The molecule has 104 valence electrons. The van der Waals surface area contributed by atoms with Crippen LogP contribution in [0.3, 0.4) is 0 Å². The molecule has 2 unspecified atom stereocenters. The molecule has 0 bridgehead atoms. The molecule has 0 aromatic carbocycles. The zero-order valence-corrected chi connectivity index (χ0v) is 12.6. The third kappa shape index (κ3) is 4.39. The summed E-state index contributed by atoms with van der Waals surface area (Å²) in [5.41, 5.74) is 0. The van der Waals surface area contributed by atoms with Gasteiger partial charge in [-0.3, -0.25) is 4.79 Å². The summed E-state index contributed by atoms with van der Waals surface area (Å²) >= 11 is 7.40. The van der Waals surface area contributed by atoms with Crippen molar-refractivity contribution in [3.8, 4) is 0 Å². The molecule has 0 spiro atoms. The minimum absolute atomic E-state index is 0.0745. The van der Waals surface area contributed by atoms with Crippen molar-refractivity contribution in [2.75, 3.05) is 5.75 Å². The van der Waals surface area contributed by atoms with E-state index in [1.165, 1.54) is 31.0 Å². The minimum Gasteiger partial charge on any atom is -0.352 e. The Hall–Kier alpha value is -0.740. The predicted octanol–water partition coefficient (Wildman–Crippen LogP) is 3.52. The molecule has 2 atom stereocenters. The summed E-state index contributed by atoms with van der Waals surface area (Å²) in [6.07, 6.45) is 6.50. The normalized spacial score (nSPS) is 23.1. The van der Waals surface area contributed by atoms with Gasteiger partial charge in [0.2, 0.25) is 5.91 Å². The molecule has 1 aliphatic carbocycles. The summed E-state index contributed by atoms with van der Waals surface area (Å²) < 4.78 is 0. The molecule has 5 heteroatoms. The number of pyridine rings is 1. The second-order valence-electron chi connectivity index (χ2n) is 5.01. The van der Waals surface area contributed by atoms with Crippen LogP contribution in [0.2, 0.25) is 5.02 Å². The first-order valence-corrected chi connectivity index (χ1v) is 8.06. The number of nitrogens with zero attached hydrogens (tertiary/aromatic N) is 1. The summed E-state index contributed by atoms with van der Waals surface area (Å²) in [6.45, 7) is 2.22. The number of carbonyl (C=O) groups is 1. The van der Waals surface area contributed by atoms with E-state index in [4.69, 9.17) is 11.6 Å². The van der Waals surface area contributed by atoms with Crippen molar-refractivity contribution in [2.45, 2.75) is 43.7 Å². The number of aromatic nitrogens is 1. The van der Waals surface area contributed by atoms with Gasteiger partial charge in [-0.2, -0.15) is 0 Å². The molecule has 1 saturated carbocycles. The molecule has 0 radical (unpaired) electrons. The molecule has 2 rings (SSSR count). The number of rotatable bonds is 4. The van der Waals surface area contributed by atoms with Crippen LogP contribution < -0.4 is 5.32 Å². The molecule has 1 aromatic heterocycles. The van der Waals surface area contributed by atoms with Crippen molar-refractivity contribution in [1.82, 2.24) is 10.3 Å². The van der Waals surface area contributed by atoms with Gasteiger partial charge in [0.1, 0.15) is 5.03 Å². The number of halogens is 1. The SMILES string of the molecule is CC1CCCCC1NC(=O)CSc1ncccc1Cl. The van der Waals surface area contributed by atoms with Gasteiger partial charge in [-0.25, -0.2) is 4.98 Å². The van der Waals surface area contributed by atoms with Crippen LogP contribution in [-0.2, 0) is 4.79 Å². The Bertz CT molecular complexity index is 441. The average molecular weight is 299 g/mol. The minimum atomic E-state index is 0.0745.